The molecule has 1 N–H and O–H groups in total. The van der Waals surface area contributed by atoms with Crippen molar-refractivity contribution in [2.45, 2.75) is 20.0 Å². The zero-order chi connectivity index (χ0) is 9.68. The number of benzene rings is 1. The predicted octanol–water partition coefficient (Wildman–Crippen LogP) is 2.93. The number of allylic oxidation sites excluding steroid dienone is 1. The van der Waals surface area contributed by atoms with Gasteiger partial charge in [-0.25, -0.2) is 0 Å². The highest BCUT2D eigenvalue weighted by molar-refractivity contribution is 5.18. The van der Waals surface area contributed by atoms with Crippen LogP contribution in [-0.2, 0) is 0 Å². The van der Waals surface area contributed by atoms with Crippen LogP contribution in [0.15, 0.2) is 42.5 Å². The molecule has 1 nitrogen and oxygen atoms in total. The highest BCUT2D eigenvalue weighted by Crippen LogP contribution is 2.21. The molecule has 0 aliphatic heterocycles. The van der Waals surface area contributed by atoms with Crippen molar-refractivity contribution >= 4 is 0 Å². The second-order valence-electron chi connectivity index (χ2n) is 3.24. The molecule has 1 aromatic carbocycles. The third-order valence-electron chi connectivity index (χ3n) is 2.14. The Hall–Kier alpha value is -1.08. The van der Waals surface area contributed by atoms with Gasteiger partial charge in [-0.2, -0.15) is 0 Å². The Balaban J connectivity index is 2.73. The molecular weight excluding hydrogens is 160 g/mol. The Kier molecular flexibility index (Phi) is 3.71. The van der Waals surface area contributed by atoms with Gasteiger partial charge in [0.2, 0.25) is 0 Å². The van der Waals surface area contributed by atoms with Gasteiger partial charge in [0, 0.05) is 5.92 Å². The zero-order valence-corrected chi connectivity index (χ0v) is 8.14. The maximum absolute atomic E-state index is 9.87. The highest BCUT2D eigenvalue weighted by Gasteiger charge is 2.12. The van der Waals surface area contributed by atoms with Crippen molar-refractivity contribution in [1.29, 1.82) is 0 Å². The van der Waals surface area contributed by atoms with E-state index in [9.17, 15) is 5.11 Å². The summed E-state index contributed by atoms with van der Waals surface area (Å²) in [5.41, 5.74) is 0.980. The molecule has 0 aromatic heterocycles. The van der Waals surface area contributed by atoms with Crippen LogP contribution >= 0.6 is 0 Å². The molecule has 13 heavy (non-hydrogen) atoms. The highest BCUT2D eigenvalue weighted by atomic mass is 16.3. The van der Waals surface area contributed by atoms with E-state index in [1.165, 1.54) is 0 Å². The zero-order valence-electron chi connectivity index (χ0n) is 8.14. The predicted molar refractivity (Wildman–Crippen MR) is 55.4 cm³/mol. The van der Waals surface area contributed by atoms with Gasteiger partial charge < -0.3 is 5.11 Å². The molecule has 1 heteroatoms. The normalized spacial score (nSPS) is 15.9. The van der Waals surface area contributed by atoms with Crippen LogP contribution in [0.2, 0.25) is 0 Å². The van der Waals surface area contributed by atoms with Crippen molar-refractivity contribution in [2.24, 2.45) is 5.92 Å². The summed E-state index contributed by atoms with van der Waals surface area (Å²) in [6, 6.07) is 9.74. The first kappa shape index (κ1) is 10.0. The summed E-state index contributed by atoms with van der Waals surface area (Å²) in [6.45, 7) is 3.98. The van der Waals surface area contributed by atoms with E-state index in [4.69, 9.17) is 0 Å². The van der Waals surface area contributed by atoms with Crippen molar-refractivity contribution in [1.82, 2.24) is 0 Å². The molecule has 0 unspecified atom stereocenters. The van der Waals surface area contributed by atoms with Crippen molar-refractivity contribution in [3.05, 3.63) is 48.0 Å². The van der Waals surface area contributed by atoms with Gasteiger partial charge in [-0.1, -0.05) is 49.4 Å². The third kappa shape index (κ3) is 2.71. The Morgan fingerprint density at radius 3 is 2.38 bits per heavy atom. The van der Waals surface area contributed by atoms with Crippen molar-refractivity contribution in [3.63, 3.8) is 0 Å². The minimum absolute atomic E-state index is 0.174. The summed E-state index contributed by atoms with van der Waals surface area (Å²) in [7, 11) is 0. The average molecular weight is 176 g/mol. The largest absolute Gasteiger partial charge is 0.388 e. The fourth-order valence-corrected chi connectivity index (χ4v) is 1.36. The first-order valence-electron chi connectivity index (χ1n) is 4.61. The number of aliphatic hydroxyl groups is 1. The summed E-state index contributed by atoms with van der Waals surface area (Å²) in [4.78, 5) is 0. The molecule has 0 saturated heterocycles. The molecule has 2 atom stereocenters. The first-order chi connectivity index (χ1) is 6.25. The van der Waals surface area contributed by atoms with Crippen LogP contribution in [0.4, 0.5) is 0 Å². The van der Waals surface area contributed by atoms with Gasteiger partial charge in [-0.05, 0) is 12.5 Å². The quantitative estimate of drug-likeness (QED) is 0.702. The van der Waals surface area contributed by atoms with Crippen molar-refractivity contribution in [2.75, 3.05) is 0 Å². The Morgan fingerprint density at radius 1 is 1.23 bits per heavy atom. The molecule has 0 heterocycles. The molecule has 0 saturated carbocycles. The van der Waals surface area contributed by atoms with Gasteiger partial charge in [0.1, 0.15) is 0 Å². The lowest BCUT2D eigenvalue weighted by molar-refractivity contribution is 0.139. The summed E-state index contributed by atoms with van der Waals surface area (Å²) >= 11 is 0. The standard InChI is InChI=1S/C12H16O/c1-3-7-10(2)12(13)11-8-5-4-6-9-11/h3-10,12-13H,1-2H3/b7-3-/t10-,12-/m0/s1. The minimum Gasteiger partial charge on any atom is -0.388 e. The summed E-state index contributed by atoms with van der Waals surface area (Å²) in [6.07, 6.45) is 3.59. The molecule has 70 valence electrons. The monoisotopic (exact) mass is 176 g/mol. The van der Waals surface area contributed by atoms with Gasteiger partial charge in [-0.15, -0.1) is 0 Å². The summed E-state index contributed by atoms with van der Waals surface area (Å²) in [5.74, 6) is 0.174. The van der Waals surface area contributed by atoms with Gasteiger partial charge in [0.25, 0.3) is 0 Å². The SMILES string of the molecule is C/C=C\[C@H](C)[C@H](O)c1ccccc1. The van der Waals surface area contributed by atoms with Crippen LogP contribution < -0.4 is 0 Å². The van der Waals surface area contributed by atoms with E-state index >= 15 is 0 Å². The van der Waals surface area contributed by atoms with Crippen LogP contribution in [-0.4, -0.2) is 5.11 Å². The van der Waals surface area contributed by atoms with E-state index in [0.29, 0.717) is 0 Å². The van der Waals surface area contributed by atoms with E-state index in [1.54, 1.807) is 0 Å². The lowest BCUT2D eigenvalue weighted by atomic mass is 9.97. The van der Waals surface area contributed by atoms with Crippen LogP contribution in [0.5, 0.6) is 0 Å². The Labute approximate surface area is 79.7 Å². The fourth-order valence-electron chi connectivity index (χ4n) is 1.36. The van der Waals surface area contributed by atoms with Gasteiger partial charge in [-0.3, -0.25) is 0 Å². The number of aliphatic hydroxyl groups excluding tert-OH is 1. The Bertz CT molecular complexity index is 264. The molecule has 0 bridgehead atoms. The van der Waals surface area contributed by atoms with Gasteiger partial charge >= 0.3 is 0 Å². The van der Waals surface area contributed by atoms with Crippen LogP contribution in [0.25, 0.3) is 0 Å². The lowest BCUT2D eigenvalue weighted by Crippen LogP contribution is -2.06. The second kappa shape index (κ2) is 4.83. The van der Waals surface area contributed by atoms with E-state index in [1.807, 2.05) is 56.3 Å². The van der Waals surface area contributed by atoms with Crippen LogP contribution in [0, 0.1) is 5.92 Å². The molecule has 0 radical (unpaired) electrons. The number of hydrogen-bond donors (Lipinski definition) is 1. The summed E-state index contributed by atoms with van der Waals surface area (Å²) in [5, 5.41) is 9.87. The fraction of sp³-hybridized carbons (Fsp3) is 0.333. The lowest BCUT2D eigenvalue weighted by Gasteiger charge is -2.15. The molecule has 0 fully saturated rings. The first-order valence-corrected chi connectivity index (χ1v) is 4.61. The maximum atomic E-state index is 9.87. The molecule has 1 aromatic rings. The van der Waals surface area contributed by atoms with Gasteiger partial charge in [0.05, 0.1) is 6.10 Å². The molecule has 0 amide bonds. The second-order valence-corrected chi connectivity index (χ2v) is 3.24. The van der Waals surface area contributed by atoms with E-state index in [-0.39, 0.29) is 5.92 Å². The van der Waals surface area contributed by atoms with Crippen molar-refractivity contribution < 1.29 is 5.11 Å². The summed E-state index contributed by atoms with van der Waals surface area (Å²) < 4.78 is 0. The van der Waals surface area contributed by atoms with Gasteiger partial charge in [0.15, 0.2) is 0 Å². The van der Waals surface area contributed by atoms with E-state index in [0.717, 1.165) is 5.56 Å². The topological polar surface area (TPSA) is 20.2 Å². The Morgan fingerprint density at radius 2 is 1.85 bits per heavy atom. The number of hydrogen-bond acceptors (Lipinski definition) is 1. The smallest absolute Gasteiger partial charge is 0.0849 e. The maximum Gasteiger partial charge on any atom is 0.0849 e. The van der Waals surface area contributed by atoms with Crippen LogP contribution in [0.3, 0.4) is 0 Å². The van der Waals surface area contributed by atoms with Crippen LogP contribution in [0.1, 0.15) is 25.5 Å². The minimum atomic E-state index is -0.391. The molecule has 0 spiro atoms. The van der Waals surface area contributed by atoms with E-state index < -0.39 is 6.10 Å². The molecule has 0 aliphatic carbocycles. The number of rotatable bonds is 3. The molecule has 0 aliphatic rings. The average Bonchev–Trinajstić information content (AvgIpc) is 2.18. The molecule has 1 rings (SSSR count). The van der Waals surface area contributed by atoms with E-state index in [2.05, 4.69) is 0 Å². The molecular formula is C12H16O. The third-order valence-corrected chi connectivity index (χ3v) is 2.14. The van der Waals surface area contributed by atoms with Crippen molar-refractivity contribution in [3.8, 4) is 0 Å².